The topological polar surface area (TPSA) is 12.9 Å². The Morgan fingerprint density at radius 3 is 2.33 bits per heavy atom. The number of pyridine rings is 1. The summed E-state index contributed by atoms with van der Waals surface area (Å²) in [6, 6.07) is 12.9. The molecule has 0 spiro atoms. The molecular weight excluding hydrogens is 182 g/mol. The zero-order valence-corrected chi connectivity index (χ0v) is 9.20. The molecule has 0 saturated heterocycles. The zero-order chi connectivity index (χ0) is 10.7. The predicted molar refractivity (Wildman–Crippen MR) is 63.8 cm³/mol. The maximum absolute atomic E-state index is 4.20. The molecule has 2 aromatic rings. The minimum absolute atomic E-state index is 1.06. The van der Waals surface area contributed by atoms with Crippen LogP contribution in [0.1, 0.15) is 18.2 Å². The third-order valence-electron chi connectivity index (χ3n) is 2.59. The lowest BCUT2D eigenvalue weighted by molar-refractivity contribution is 1.14. The van der Waals surface area contributed by atoms with Crippen LogP contribution >= 0.6 is 0 Å². The van der Waals surface area contributed by atoms with Crippen molar-refractivity contribution in [1.82, 2.24) is 4.98 Å². The molecule has 76 valence electrons. The highest BCUT2D eigenvalue weighted by Gasteiger charge is 1.97. The van der Waals surface area contributed by atoms with Crippen molar-refractivity contribution in [3.8, 4) is 11.1 Å². The molecule has 15 heavy (non-hydrogen) atoms. The van der Waals surface area contributed by atoms with E-state index in [0.29, 0.717) is 0 Å². The van der Waals surface area contributed by atoms with Gasteiger partial charge in [-0.3, -0.25) is 4.98 Å². The summed E-state index contributed by atoms with van der Waals surface area (Å²) in [4.78, 5) is 4.20. The molecular formula is C14H15N. The standard InChI is InChI=1S/C14H15N/c1-3-12-4-6-13(7-5-12)14-8-9-15-11(2)10-14/h4-10H,3H2,1-2H3. The van der Waals surface area contributed by atoms with E-state index in [1.54, 1.807) is 0 Å². The fourth-order valence-corrected chi connectivity index (χ4v) is 1.66. The lowest BCUT2D eigenvalue weighted by atomic mass is 10.0. The molecule has 0 aliphatic carbocycles. The molecule has 0 amide bonds. The van der Waals surface area contributed by atoms with Crippen molar-refractivity contribution in [2.24, 2.45) is 0 Å². The Hall–Kier alpha value is -1.63. The lowest BCUT2D eigenvalue weighted by Crippen LogP contribution is -1.84. The Kier molecular flexibility index (Phi) is 2.82. The van der Waals surface area contributed by atoms with Gasteiger partial charge in [0, 0.05) is 11.9 Å². The normalized spacial score (nSPS) is 10.3. The minimum Gasteiger partial charge on any atom is -0.262 e. The Morgan fingerprint density at radius 1 is 1.00 bits per heavy atom. The average Bonchev–Trinajstić information content (AvgIpc) is 2.29. The molecule has 1 aromatic carbocycles. The molecule has 0 fully saturated rings. The first-order valence-corrected chi connectivity index (χ1v) is 5.31. The highest BCUT2D eigenvalue weighted by atomic mass is 14.6. The summed E-state index contributed by atoms with van der Waals surface area (Å²) in [5, 5.41) is 0. The van der Waals surface area contributed by atoms with Gasteiger partial charge in [-0.2, -0.15) is 0 Å². The van der Waals surface area contributed by atoms with E-state index in [-0.39, 0.29) is 0 Å². The van der Waals surface area contributed by atoms with Crippen LogP contribution in [0.2, 0.25) is 0 Å². The van der Waals surface area contributed by atoms with Gasteiger partial charge in [-0.1, -0.05) is 31.2 Å². The summed E-state index contributed by atoms with van der Waals surface area (Å²) < 4.78 is 0. The summed E-state index contributed by atoms with van der Waals surface area (Å²) in [5.41, 5.74) is 4.94. The van der Waals surface area contributed by atoms with Crippen molar-refractivity contribution in [2.75, 3.05) is 0 Å². The Bertz CT molecular complexity index is 443. The van der Waals surface area contributed by atoms with E-state index in [9.17, 15) is 0 Å². The summed E-state index contributed by atoms with van der Waals surface area (Å²) in [5.74, 6) is 0. The molecule has 0 radical (unpaired) electrons. The molecule has 0 atom stereocenters. The third kappa shape index (κ3) is 2.24. The fraction of sp³-hybridized carbons (Fsp3) is 0.214. The molecule has 0 unspecified atom stereocenters. The van der Waals surface area contributed by atoms with Crippen LogP contribution in [0.15, 0.2) is 42.6 Å². The molecule has 1 aromatic heterocycles. The van der Waals surface area contributed by atoms with E-state index >= 15 is 0 Å². The van der Waals surface area contributed by atoms with Gasteiger partial charge >= 0.3 is 0 Å². The van der Waals surface area contributed by atoms with Crippen LogP contribution in [0.3, 0.4) is 0 Å². The smallest absolute Gasteiger partial charge is 0.0378 e. The Morgan fingerprint density at radius 2 is 1.73 bits per heavy atom. The summed E-state index contributed by atoms with van der Waals surface area (Å²) in [6.07, 6.45) is 2.95. The van der Waals surface area contributed by atoms with E-state index in [2.05, 4.69) is 42.2 Å². The predicted octanol–water partition coefficient (Wildman–Crippen LogP) is 3.62. The number of hydrogen-bond acceptors (Lipinski definition) is 1. The molecule has 0 N–H and O–H groups in total. The highest BCUT2D eigenvalue weighted by Crippen LogP contribution is 2.19. The Labute approximate surface area is 90.8 Å². The van der Waals surface area contributed by atoms with Crippen molar-refractivity contribution >= 4 is 0 Å². The van der Waals surface area contributed by atoms with Crippen molar-refractivity contribution < 1.29 is 0 Å². The van der Waals surface area contributed by atoms with E-state index in [1.165, 1.54) is 16.7 Å². The Balaban J connectivity index is 2.37. The first kappa shape index (κ1) is 9.91. The number of aryl methyl sites for hydroxylation is 2. The van der Waals surface area contributed by atoms with Crippen molar-refractivity contribution in [3.63, 3.8) is 0 Å². The van der Waals surface area contributed by atoms with Crippen molar-refractivity contribution in [3.05, 3.63) is 53.9 Å². The molecule has 0 aliphatic rings. The summed E-state index contributed by atoms with van der Waals surface area (Å²) >= 11 is 0. The minimum atomic E-state index is 1.06. The van der Waals surface area contributed by atoms with Gasteiger partial charge in [-0.15, -0.1) is 0 Å². The quantitative estimate of drug-likeness (QED) is 0.716. The SMILES string of the molecule is CCc1ccc(-c2ccnc(C)c2)cc1. The molecule has 0 bridgehead atoms. The lowest BCUT2D eigenvalue weighted by Gasteiger charge is -2.03. The molecule has 1 heterocycles. The van der Waals surface area contributed by atoms with E-state index in [0.717, 1.165) is 12.1 Å². The summed E-state index contributed by atoms with van der Waals surface area (Å²) in [6.45, 7) is 4.19. The van der Waals surface area contributed by atoms with Gasteiger partial charge in [0.15, 0.2) is 0 Å². The number of hydrogen-bond donors (Lipinski definition) is 0. The molecule has 0 saturated carbocycles. The average molecular weight is 197 g/mol. The van der Waals surface area contributed by atoms with Crippen LogP contribution in [-0.2, 0) is 6.42 Å². The number of nitrogens with zero attached hydrogens (tertiary/aromatic N) is 1. The van der Waals surface area contributed by atoms with Crippen LogP contribution in [0.25, 0.3) is 11.1 Å². The van der Waals surface area contributed by atoms with E-state index in [4.69, 9.17) is 0 Å². The fourth-order valence-electron chi connectivity index (χ4n) is 1.66. The first-order chi connectivity index (χ1) is 7.29. The van der Waals surface area contributed by atoms with Crippen LogP contribution in [0.4, 0.5) is 0 Å². The largest absolute Gasteiger partial charge is 0.262 e. The van der Waals surface area contributed by atoms with Crippen molar-refractivity contribution in [1.29, 1.82) is 0 Å². The third-order valence-corrected chi connectivity index (χ3v) is 2.59. The molecule has 2 rings (SSSR count). The van der Waals surface area contributed by atoms with Crippen LogP contribution in [0.5, 0.6) is 0 Å². The second kappa shape index (κ2) is 4.26. The monoisotopic (exact) mass is 197 g/mol. The first-order valence-electron chi connectivity index (χ1n) is 5.31. The van der Waals surface area contributed by atoms with Gasteiger partial charge in [0.05, 0.1) is 0 Å². The maximum atomic E-state index is 4.20. The van der Waals surface area contributed by atoms with Crippen molar-refractivity contribution in [2.45, 2.75) is 20.3 Å². The maximum Gasteiger partial charge on any atom is 0.0378 e. The van der Waals surface area contributed by atoms with Gasteiger partial charge in [-0.25, -0.2) is 0 Å². The number of benzene rings is 1. The highest BCUT2D eigenvalue weighted by molar-refractivity contribution is 5.63. The van der Waals surface area contributed by atoms with Crippen LogP contribution in [0, 0.1) is 6.92 Å². The van der Waals surface area contributed by atoms with Crippen LogP contribution in [-0.4, -0.2) is 4.98 Å². The van der Waals surface area contributed by atoms with Gasteiger partial charge < -0.3 is 0 Å². The number of aromatic nitrogens is 1. The van der Waals surface area contributed by atoms with Gasteiger partial charge in [-0.05, 0) is 42.2 Å². The molecule has 1 nitrogen and oxygen atoms in total. The zero-order valence-electron chi connectivity index (χ0n) is 9.20. The second-order valence-corrected chi connectivity index (χ2v) is 3.74. The van der Waals surface area contributed by atoms with Crippen LogP contribution < -0.4 is 0 Å². The van der Waals surface area contributed by atoms with Gasteiger partial charge in [0.25, 0.3) is 0 Å². The van der Waals surface area contributed by atoms with E-state index in [1.807, 2.05) is 19.2 Å². The second-order valence-electron chi connectivity index (χ2n) is 3.74. The summed E-state index contributed by atoms with van der Waals surface area (Å²) in [7, 11) is 0. The van der Waals surface area contributed by atoms with Gasteiger partial charge in [0.2, 0.25) is 0 Å². The van der Waals surface area contributed by atoms with Gasteiger partial charge in [0.1, 0.15) is 0 Å². The van der Waals surface area contributed by atoms with E-state index < -0.39 is 0 Å². The number of rotatable bonds is 2. The molecule has 0 aliphatic heterocycles. The molecule has 1 heteroatoms.